The first-order chi connectivity index (χ1) is 9.81. The van der Waals surface area contributed by atoms with Crippen LogP contribution >= 0.6 is 0 Å². The smallest absolute Gasteiger partial charge is 0.182 e. The Morgan fingerprint density at radius 1 is 1.30 bits per heavy atom. The van der Waals surface area contributed by atoms with Crippen LogP contribution in [0.25, 0.3) is 11.5 Å². The van der Waals surface area contributed by atoms with Crippen LogP contribution < -0.4 is 10.6 Å². The van der Waals surface area contributed by atoms with Crippen molar-refractivity contribution >= 4 is 5.82 Å². The predicted octanol–water partition coefficient (Wildman–Crippen LogP) is 1.41. The average molecular weight is 270 g/mol. The lowest BCUT2D eigenvalue weighted by atomic mass is 10.1. The van der Waals surface area contributed by atoms with Crippen LogP contribution in [-0.4, -0.2) is 39.1 Å². The van der Waals surface area contributed by atoms with E-state index in [4.69, 9.17) is 0 Å². The summed E-state index contributed by atoms with van der Waals surface area (Å²) in [6.45, 7) is 4.04. The highest BCUT2D eigenvalue weighted by Crippen LogP contribution is 2.16. The van der Waals surface area contributed by atoms with Gasteiger partial charge >= 0.3 is 0 Å². The van der Waals surface area contributed by atoms with Gasteiger partial charge in [0.15, 0.2) is 5.82 Å². The van der Waals surface area contributed by atoms with Gasteiger partial charge in [0.25, 0.3) is 0 Å². The molecule has 1 saturated heterocycles. The van der Waals surface area contributed by atoms with Crippen molar-refractivity contribution < 1.29 is 0 Å². The fraction of sp³-hybridized carbons (Fsp3) is 0.429. The summed E-state index contributed by atoms with van der Waals surface area (Å²) in [4.78, 5) is 17.3. The molecule has 2 aromatic heterocycles. The number of rotatable bonds is 3. The SMILES string of the molecule is Cc1cc(NC2CCCNC2)nc(-c2cnccn2)n1. The lowest BCUT2D eigenvalue weighted by Gasteiger charge is -2.24. The van der Waals surface area contributed by atoms with Gasteiger partial charge in [-0.1, -0.05) is 0 Å². The van der Waals surface area contributed by atoms with Crippen molar-refractivity contribution in [2.75, 3.05) is 18.4 Å². The Labute approximate surface area is 118 Å². The van der Waals surface area contributed by atoms with Crippen molar-refractivity contribution in [3.8, 4) is 11.5 Å². The Morgan fingerprint density at radius 3 is 3.00 bits per heavy atom. The maximum Gasteiger partial charge on any atom is 0.182 e. The highest BCUT2D eigenvalue weighted by Gasteiger charge is 2.14. The van der Waals surface area contributed by atoms with Crippen molar-refractivity contribution in [3.63, 3.8) is 0 Å². The van der Waals surface area contributed by atoms with Crippen molar-refractivity contribution in [2.24, 2.45) is 0 Å². The van der Waals surface area contributed by atoms with Gasteiger partial charge < -0.3 is 10.6 Å². The Hall–Kier alpha value is -2.08. The number of hydrogen-bond donors (Lipinski definition) is 2. The summed E-state index contributed by atoms with van der Waals surface area (Å²) in [6.07, 6.45) is 7.33. The van der Waals surface area contributed by atoms with Crippen molar-refractivity contribution in [3.05, 3.63) is 30.4 Å². The van der Waals surface area contributed by atoms with E-state index in [-0.39, 0.29) is 0 Å². The molecule has 2 aromatic rings. The van der Waals surface area contributed by atoms with E-state index >= 15 is 0 Å². The van der Waals surface area contributed by atoms with Gasteiger partial charge in [-0.05, 0) is 26.3 Å². The lowest BCUT2D eigenvalue weighted by Crippen LogP contribution is -2.38. The van der Waals surface area contributed by atoms with Crippen LogP contribution in [0.15, 0.2) is 24.7 Å². The second kappa shape index (κ2) is 5.92. The predicted molar refractivity (Wildman–Crippen MR) is 77.3 cm³/mol. The first kappa shape index (κ1) is 12.9. The molecule has 0 radical (unpaired) electrons. The molecular formula is C14H18N6. The molecular weight excluding hydrogens is 252 g/mol. The third-order valence-electron chi connectivity index (χ3n) is 3.30. The maximum absolute atomic E-state index is 4.55. The number of nitrogens with one attached hydrogen (secondary N) is 2. The zero-order chi connectivity index (χ0) is 13.8. The molecule has 1 fully saturated rings. The van der Waals surface area contributed by atoms with E-state index in [1.54, 1.807) is 18.6 Å². The first-order valence-corrected chi connectivity index (χ1v) is 6.90. The van der Waals surface area contributed by atoms with Crippen molar-refractivity contribution in [1.82, 2.24) is 25.3 Å². The Morgan fingerprint density at radius 2 is 2.25 bits per heavy atom. The molecule has 104 valence electrons. The molecule has 6 heteroatoms. The monoisotopic (exact) mass is 270 g/mol. The van der Waals surface area contributed by atoms with E-state index < -0.39 is 0 Å². The summed E-state index contributed by atoms with van der Waals surface area (Å²) in [6, 6.07) is 2.39. The third kappa shape index (κ3) is 3.08. The Balaban J connectivity index is 1.83. The summed E-state index contributed by atoms with van der Waals surface area (Å²) >= 11 is 0. The third-order valence-corrected chi connectivity index (χ3v) is 3.30. The molecule has 2 N–H and O–H groups in total. The average Bonchev–Trinajstić information content (AvgIpc) is 2.49. The van der Waals surface area contributed by atoms with Gasteiger partial charge in [-0.3, -0.25) is 4.98 Å². The van der Waals surface area contributed by atoms with Gasteiger partial charge in [0.2, 0.25) is 0 Å². The largest absolute Gasteiger partial charge is 0.366 e. The zero-order valence-corrected chi connectivity index (χ0v) is 11.5. The van der Waals surface area contributed by atoms with Gasteiger partial charge in [-0.15, -0.1) is 0 Å². The molecule has 3 heterocycles. The number of piperidine rings is 1. The van der Waals surface area contributed by atoms with E-state index in [2.05, 4.69) is 30.6 Å². The minimum atomic E-state index is 0.424. The molecule has 1 aliphatic rings. The highest BCUT2D eigenvalue weighted by atomic mass is 15.1. The van der Waals surface area contributed by atoms with E-state index in [1.165, 1.54) is 6.42 Å². The Kier molecular flexibility index (Phi) is 3.83. The van der Waals surface area contributed by atoms with Crippen molar-refractivity contribution in [2.45, 2.75) is 25.8 Å². The normalized spacial score (nSPS) is 18.8. The van der Waals surface area contributed by atoms with Gasteiger partial charge in [-0.2, -0.15) is 0 Å². The molecule has 0 aliphatic carbocycles. The standard InChI is InChI=1S/C14H18N6/c1-10-7-13(19-11-3-2-4-15-8-11)20-14(18-10)12-9-16-5-6-17-12/h5-7,9,11,15H,2-4,8H2,1H3,(H,18,19,20). The molecule has 3 rings (SSSR count). The van der Waals surface area contributed by atoms with Gasteiger partial charge in [0.1, 0.15) is 11.5 Å². The van der Waals surface area contributed by atoms with Crippen LogP contribution in [-0.2, 0) is 0 Å². The van der Waals surface area contributed by atoms with Crippen LogP contribution in [0.1, 0.15) is 18.5 Å². The van der Waals surface area contributed by atoms with E-state index in [9.17, 15) is 0 Å². The molecule has 0 saturated carbocycles. The summed E-state index contributed by atoms with van der Waals surface area (Å²) in [5, 5.41) is 6.86. The van der Waals surface area contributed by atoms with Crippen molar-refractivity contribution in [1.29, 1.82) is 0 Å². The van der Waals surface area contributed by atoms with Crippen LogP contribution in [0.5, 0.6) is 0 Å². The fourth-order valence-electron chi connectivity index (χ4n) is 2.36. The molecule has 1 aliphatic heterocycles. The molecule has 0 bridgehead atoms. The molecule has 1 atom stereocenters. The van der Waals surface area contributed by atoms with Crippen LogP contribution in [0.2, 0.25) is 0 Å². The molecule has 6 nitrogen and oxygen atoms in total. The molecule has 20 heavy (non-hydrogen) atoms. The number of aromatic nitrogens is 4. The first-order valence-electron chi connectivity index (χ1n) is 6.90. The second-order valence-electron chi connectivity index (χ2n) is 5.00. The number of nitrogens with zero attached hydrogens (tertiary/aromatic N) is 4. The zero-order valence-electron chi connectivity index (χ0n) is 11.5. The van der Waals surface area contributed by atoms with Crippen LogP contribution in [0.3, 0.4) is 0 Å². The molecule has 0 spiro atoms. The lowest BCUT2D eigenvalue weighted by molar-refractivity contribution is 0.479. The summed E-state index contributed by atoms with van der Waals surface area (Å²) in [7, 11) is 0. The quantitative estimate of drug-likeness (QED) is 0.878. The fourth-order valence-corrected chi connectivity index (χ4v) is 2.36. The van der Waals surface area contributed by atoms with E-state index in [0.29, 0.717) is 17.6 Å². The molecule has 1 unspecified atom stereocenters. The number of aryl methyl sites for hydroxylation is 1. The number of hydrogen-bond acceptors (Lipinski definition) is 6. The summed E-state index contributed by atoms with van der Waals surface area (Å²) < 4.78 is 0. The second-order valence-corrected chi connectivity index (χ2v) is 5.00. The maximum atomic E-state index is 4.55. The van der Waals surface area contributed by atoms with Crippen LogP contribution in [0, 0.1) is 6.92 Å². The van der Waals surface area contributed by atoms with Gasteiger partial charge in [0.05, 0.1) is 6.20 Å². The summed E-state index contributed by atoms with van der Waals surface area (Å²) in [5.74, 6) is 1.47. The van der Waals surface area contributed by atoms with E-state index in [0.717, 1.165) is 31.0 Å². The van der Waals surface area contributed by atoms with Crippen LogP contribution in [0.4, 0.5) is 5.82 Å². The molecule has 0 aromatic carbocycles. The van der Waals surface area contributed by atoms with Gasteiger partial charge in [0, 0.05) is 36.7 Å². The topological polar surface area (TPSA) is 75.6 Å². The minimum absolute atomic E-state index is 0.424. The Bertz CT molecular complexity index is 565. The van der Waals surface area contributed by atoms with E-state index in [1.807, 2.05) is 13.0 Å². The molecule has 0 amide bonds. The van der Waals surface area contributed by atoms with Gasteiger partial charge in [-0.25, -0.2) is 15.0 Å². The number of anilines is 1. The minimum Gasteiger partial charge on any atom is -0.366 e. The highest BCUT2D eigenvalue weighted by molar-refractivity contribution is 5.52. The summed E-state index contributed by atoms with van der Waals surface area (Å²) in [5.41, 5.74) is 1.62.